The Kier molecular flexibility index (Phi) is 3.92. The topological polar surface area (TPSA) is 85.6 Å². The molecule has 110 valence electrons. The molecule has 1 aromatic rings. The fourth-order valence-electron chi connectivity index (χ4n) is 1.83. The van der Waals surface area contributed by atoms with Gasteiger partial charge in [0.1, 0.15) is 0 Å². The fourth-order valence-corrected chi connectivity index (χ4v) is 1.83. The van der Waals surface area contributed by atoms with Crippen LogP contribution in [-0.2, 0) is 0 Å². The predicted octanol–water partition coefficient (Wildman–Crippen LogP) is 2.35. The average molecular weight is 279 g/mol. The maximum Gasteiger partial charge on any atom is 0.319 e. The van der Waals surface area contributed by atoms with Crippen molar-refractivity contribution in [3.05, 3.63) is 12.1 Å². The molecule has 4 N–H and O–H groups in total. The first-order valence-electron chi connectivity index (χ1n) is 6.63. The standard InChI is InChI=1S/C14H21N3O3/c1-14(2,3)17-13(18)16-10-8-12-11(7-9(10)15)19-5-4-6-20-12/h7-8H,4-6,15H2,1-3H3,(H2,16,17,18). The number of nitrogen functional groups attached to an aromatic ring is 1. The highest BCUT2D eigenvalue weighted by Crippen LogP contribution is 2.36. The van der Waals surface area contributed by atoms with Crippen LogP contribution >= 0.6 is 0 Å². The van der Waals surface area contributed by atoms with Crippen LogP contribution in [0.4, 0.5) is 16.2 Å². The highest BCUT2D eigenvalue weighted by atomic mass is 16.5. The molecular formula is C14H21N3O3. The van der Waals surface area contributed by atoms with Gasteiger partial charge in [-0.25, -0.2) is 4.79 Å². The van der Waals surface area contributed by atoms with E-state index >= 15 is 0 Å². The first-order chi connectivity index (χ1) is 9.35. The van der Waals surface area contributed by atoms with Crippen LogP contribution in [0.15, 0.2) is 12.1 Å². The van der Waals surface area contributed by atoms with Crippen LogP contribution in [0.3, 0.4) is 0 Å². The average Bonchev–Trinajstić information content (AvgIpc) is 2.52. The van der Waals surface area contributed by atoms with Gasteiger partial charge in [0.05, 0.1) is 24.6 Å². The number of nitrogens with two attached hydrogens (primary N) is 1. The first kappa shape index (κ1) is 14.3. The number of ether oxygens (including phenoxy) is 2. The Morgan fingerprint density at radius 3 is 2.40 bits per heavy atom. The van der Waals surface area contributed by atoms with Gasteiger partial charge in [-0.1, -0.05) is 0 Å². The van der Waals surface area contributed by atoms with Crippen molar-refractivity contribution in [3.63, 3.8) is 0 Å². The number of carbonyl (C=O) groups is 1. The van der Waals surface area contributed by atoms with Crippen LogP contribution < -0.4 is 25.8 Å². The molecule has 1 aromatic carbocycles. The number of hydrogen-bond donors (Lipinski definition) is 3. The summed E-state index contributed by atoms with van der Waals surface area (Å²) in [5.41, 5.74) is 6.57. The monoisotopic (exact) mass is 279 g/mol. The van der Waals surface area contributed by atoms with E-state index < -0.39 is 0 Å². The maximum atomic E-state index is 11.9. The van der Waals surface area contributed by atoms with Crippen LogP contribution in [0.2, 0.25) is 0 Å². The van der Waals surface area contributed by atoms with Gasteiger partial charge >= 0.3 is 6.03 Å². The van der Waals surface area contributed by atoms with Gasteiger partial charge in [0.15, 0.2) is 11.5 Å². The van der Waals surface area contributed by atoms with Crippen molar-refractivity contribution in [3.8, 4) is 11.5 Å². The fraction of sp³-hybridized carbons (Fsp3) is 0.500. The summed E-state index contributed by atoms with van der Waals surface area (Å²) in [6.07, 6.45) is 0.821. The second-order valence-corrected chi connectivity index (χ2v) is 5.77. The Morgan fingerprint density at radius 1 is 1.20 bits per heavy atom. The summed E-state index contributed by atoms with van der Waals surface area (Å²) in [5.74, 6) is 1.21. The van der Waals surface area contributed by atoms with E-state index in [1.165, 1.54) is 0 Å². The number of urea groups is 1. The summed E-state index contributed by atoms with van der Waals surface area (Å²) in [7, 11) is 0. The predicted molar refractivity (Wildman–Crippen MR) is 78.4 cm³/mol. The summed E-state index contributed by atoms with van der Waals surface area (Å²) < 4.78 is 11.1. The molecule has 1 aliphatic rings. The molecule has 0 fully saturated rings. The normalized spacial score (nSPS) is 14.3. The molecule has 0 saturated heterocycles. The lowest BCUT2D eigenvalue weighted by molar-refractivity contribution is 0.244. The molecule has 1 aliphatic heterocycles. The lowest BCUT2D eigenvalue weighted by Gasteiger charge is -2.21. The molecule has 2 amide bonds. The van der Waals surface area contributed by atoms with Crippen molar-refractivity contribution < 1.29 is 14.3 Å². The third kappa shape index (κ3) is 3.69. The lowest BCUT2D eigenvalue weighted by Crippen LogP contribution is -2.43. The van der Waals surface area contributed by atoms with Crippen LogP contribution in [0.1, 0.15) is 27.2 Å². The minimum atomic E-state index is -0.315. The zero-order valence-electron chi connectivity index (χ0n) is 12.1. The zero-order chi connectivity index (χ0) is 14.8. The molecule has 0 bridgehead atoms. The van der Waals surface area contributed by atoms with Crippen molar-refractivity contribution >= 4 is 17.4 Å². The SMILES string of the molecule is CC(C)(C)NC(=O)Nc1cc2c(cc1N)OCCCO2. The Balaban J connectivity index is 2.16. The minimum Gasteiger partial charge on any atom is -0.489 e. The Morgan fingerprint density at radius 2 is 1.80 bits per heavy atom. The highest BCUT2D eigenvalue weighted by Gasteiger charge is 2.17. The van der Waals surface area contributed by atoms with Crippen molar-refractivity contribution in [2.45, 2.75) is 32.7 Å². The van der Waals surface area contributed by atoms with Crippen molar-refractivity contribution in [2.75, 3.05) is 24.3 Å². The van der Waals surface area contributed by atoms with Gasteiger partial charge in [0, 0.05) is 24.1 Å². The van der Waals surface area contributed by atoms with E-state index in [9.17, 15) is 4.79 Å². The number of hydrogen-bond acceptors (Lipinski definition) is 4. The number of rotatable bonds is 1. The van der Waals surface area contributed by atoms with Crippen LogP contribution in [-0.4, -0.2) is 24.8 Å². The molecule has 0 unspecified atom stereocenters. The van der Waals surface area contributed by atoms with Crippen LogP contribution in [0.5, 0.6) is 11.5 Å². The van der Waals surface area contributed by atoms with Crippen LogP contribution in [0, 0.1) is 0 Å². The van der Waals surface area contributed by atoms with Gasteiger partial charge in [0.2, 0.25) is 0 Å². The van der Waals surface area contributed by atoms with E-state index in [1.807, 2.05) is 20.8 Å². The highest BCUT2D eigenvalue weighted by molar-refractivity contribution is 5.93. The Bertz CT molecular complexity index is 509. The quantitative estimate of drug-likeness (QED) is 0.689. The molecule has 0 radical (unpaired) electrons. The number of benzene rings is 1. The second-order valence-electron chi connectivity index (χ2n) is 5.77. The summed E-state index contributed by atoms with van der Waals surface area (Å²) in [6, 6.07) is 3.06. The van der Waals surface area contributed by atoms with E-state index in [4.69, 9.17) is 15.2 Å². The summed E-state index contributed by atoms with van der Waals surface area (Å²) in [5, 5.41) is 5.54. The third-order valence-electron chi connectivity index (χ3n) is 2.66. The van der Waals surface area contributed by atoms with E-state index in [0.29, 0.717) is 36.1 Å². The van der Waals surface area contributed by atoms with Crippen molar-refractivity contribution in [2.24, 2.45) is 0 Å². The molecule has 0 atom stereocenters. The van der Waals surface area contributed by atoms with Gasteiger partial charge in [-0.05, 0) is 20.8 Å². The molecule has 0 aliphatic carbocycles. The Hall–Kier alpha value is -2.11. The molecule has 2 rings (SSSR count). The van der Waals surface area contributed by atoms with E-state index in [2.05, 4.69) is 10.6 Å². The van der Waals surface area contributed by atoms with Gasteiger partial charge in [0.25, 0.3) is 0 Å². The second kappa shape index (κ2) is 5.48. The number of fused-ring (bicyclic) bond motifs is 1. The van der Waals surface area contributed by atoms with Gasteiger partial charge in [-0.2, -0.15) is 0 Å². The molecule has 0 saturated carbocycles. The largest absolute Gasteiger partial charge is 0.489 e. The van der Waals surface area contributed by atoms with Gasteiger partial charge in [-0.3, -0.25) is 0 Å². The molecule has 6 nitrogen and oxygen atoms in total. The van der Waals surface area contributed by atoms with Crippen molar-refractivity contribution in [1.29, 1.82) is 0 Å². The molecular weight excluding hydrogens is 258 g/mol. The first-order valence-corrected chi connectivity index (χ1v) is 6.63. The number of anilines is 2. The zero-order valence-corrected chi connectivity index (χ0v) is 12.1. The third-order valence-corrected chi connectivity index (χ3v) is 2.66. The van der Waals surface area contributed by atoms with Crippen molar-refractivity contribution in [1.82, 2.24) is 5.32 Å². The summed E-state index contributed by atoms with van der Waals surface area (Å²) in [4.78, 5) is 11.9. The molecule has 0 aromatic heterocycles. The minimum absolute atomic E-state index is 0.307. The summed E-state index contributed by atoms with van der Waals surface area (Å²) in [6.45, 7) is 6.91. The number of amides is 2. The number of carbonyl (C=O) groups excluding carboxylic acids is 1. The lowest BCUT2D eigenvalue weighted by atomic mass is 10.1. The maximum absolute atomic E-state index is 11.9. The van der Waals surface area contributed by atoms with Gasteiger partial charge in [-0.15, -0.1) is 0 Å². The molecule has 6 heteroatoms. The van der Waals surface area contributed by atoms with E-state index in [0.717, 1.165) is 6.42 Å². The Labute approximate surface area is 118 Å². The van der Waals surface area contributed by atoms with E-state index in [-0.39, 0.29) is 11.6 Å². The molecule has 20 heavy (non-hydrogen) atoms. The van der Waals surface area contributed by atoms with Crippen LogP contribution in [0.25, 0.3) is 0 Å². The van der Waals surface area contributed by atoms with Gasteiger partial charge < -0.3 is 25.8 Å². The molecule has 0 spiro atoms. The molecule has 1 heterocycles. The number of nitrogens with one attached hydrogen (secondary N) is 2. The van der Waals surface area contributed by atoms with E-state index in [1.54, 1.807) is 12.1 Å². The smallest absolute Gasteiger partial charge is 0.319 e. The summed E-state index contributed by atoms with van der Waals surface area (Å²) >= 11 is 0.